The molecule has 4 heterocycles. The lowest BCUT2D eigenvalue weighted by atomic mass is 10.0. The number of nitrogens with zero attached hydrogens (tertiary/aromatic N) is 10. The van der Waals surface area contributed by atoms with Crippen molar-refractivity contribution in [1.82, 2.24) is 34.6 Å². The number of amides is 2. The first-order chi connectivity index (χ1) is 17.9. The number of aryl methyl sites for hydroxylation is 1. The summed E-state index contributed by atoms with van der Waals surface area (Å²) in [5, 5.41) is 18.5. The Morgan fingerprint density at radius 3 is 2.65 bits per heavy atom. The Hall–Kier alpha value is -4.54. The number of benzene rings is 1. The van der Waals surface area contributed by atoms with E-state index in [9.17, 15) is 18.0 Å². The molecule has 2 aliphatic heterocycles. The molecule has 14 heteroatoms. The van der Waals surface area contributed by atoms with Crippen molar-refractivity contribution >= 4 is 18.2 Å². The van der Waals surface area contributed by atoms with Gasteiger partial charge in [0.25, 0.3) is 0 Å². The minimum atomic E-state index is -0.885. The molecule has 0 spiro atoms. The number of rotatable bonds is 4. The van der Waals surface area contributed by atoms with Crippen molar-refractivity contribution in [2.24, 2.45) is 12.1 Å². The summed E-state index contributed by atoms with van der Waals surface area (Å²) >= 11 is 0. The van der Waals surface area contributed by atoms with Gasteiger partial charge in [0.15, 0.2) is 24.1 Å². The smallest absolute Gasteiger partial charge is 0.337 e. The standard InChI is InChI=1S/C23H21F3N10O/c1-33-21(30-19(11-24)32-33)20-17(26)13-28-22(31-20)34-4-6-35(7-5-34)23(37)36-18(2-3-29-36)15-8-14(12-27)9-16(25)10-15/h3,8-10,13,18H,2,4-7,11H2,1H3. The molecule has 2 aliphatic rings. The molecule has 0 saturated carbocycles. The van der Waals surface area contributed by atoms with Crippen LogP contribution >= 0.6 is 0 Å². The molecule has 5 rings (SSSR count). The Kier molecular flexibility index (Phi) is 6.43. The molecule has 37 heavy (non-hydrogen) atoms. The number of piperazine rings is 1. The zero-order chi connectivity index (χ0) is 26.1. The number of urea groups is 1. The second-order valence-electron chi connectivity index (χ2n) is 8.51. The summed E-state index contributed by atoms with van der Waals surface area (Å²) < 4.78 is 42.7. The van der Waals surface area contributed by atoms with E-state index in [1.807, 2.05) is 6.07 Å². The van der Waals surface area contributed by atoms with Crippen LogP contribution in [0.4, 0.5) is 23.9 Å². The fraction of sp³-hybridized carbons (Fsp3) is 0.348. The predicted octanol–water partition coefficient (Wildman–Crippen LogP) is 2.57. The first-order valence-electron chi connectivity index (χ1n) is 11.4. The maximum absolute atomic E-state index is 14.5. The van der Waals surface area contributed by atoms with Crippen LogP contribution in [0.2, 0.25) is 0 Å². The van der Waals surface area contributed by atoms with E-state index < -0.39 is 24.4 Å². The molecule has 0 aliphatic carbocycles. The molecule has 2 aromatic heterocycles. The second kappa shape index (κ2) is 9.84. The summed E-state index contributed by atoms with van der Waals surface area (Å²) in [7, 11) is 1.52. The number of hydrogen-bond donors (Lipinski definition) is 0. The summed E-state index contributed by atoms with van der Waals surface area (Å²) in [5.74, 6) is -1.02. The van der Waals surface area contributed by atoms with Crippen molar-refractivity contribution in [2.45, 2.75) is 19.1 Å². The Morgan fingerprint density at radius 1 is 1.16 bits per heavy atom. The van der Waals surface area contributed by atoms with Crippen LogP contribution < -0.4 is 4.90 Å². The Bertz CT molecular complexity index is 1410. The van der Waals surface area contributed by atoms with Crippen LogP contribution in [0.25, 0.3) is 11.5 Å². The van der Waals surface area contributed by atoms with Crippen molar-refractivity contribution in [3.05, 3.63) is 53.0 Å². The molecule has 1 unspecified atom stereocenters. The van der Waals surface area contributed by atoms with Crippen molar-refractivity contribution in [3.63, 3.8) is 0 Å². The van der Waals surface area contributed by atoms with Gasteiger partial charge >= 0.3 is 6.03 Å². The lowest BCUT2D eigenvalue weighted by molar-refractivity contribution is 0.139. The Morgan fingerprint density at radius 2 is 1.95 bits per heavy atom. The topological polar surface area (TPSA) is 119 Å². The molecule has 1 saturated heterocycles. The molecule has 11 nitrogen and oxygen atoms in total. The van der Waals surface area contributed by atoms with Gasteiger partial charge in [-0.25, -0.2) is 42.6 Å². The molecular formula is C23H21F3N10O. The third-order valence-electron chi connectivity index (χ3n) is 6.16. The number of hydrazone groups is 1. The van der Waals surface area contributed by atoms with E-state index in [1.165, 1.54) is 22.8 Å². The number of carbonyl (C=O) groups is 1. The van der Waals surface area contributed by atoms with Gasteiger partial charge in [-0.05, 0) is 23.8 Å². The molecule has 0 radical (unpaired) electrons. The summed E-state index contributed by atoms with van der Waals surface area (Å²) in [6, 6.07) is 5.05. The van der Waals surface area contributed by atoms with Crippen LogP contribution in [0.3, 0.4) is 0 Å². The van der Waals surface area contributed by atoms with Gasteiger partial charge in [0.1, 0.15) is 11.5 Å². The predicted molar refractivity (Wildman–Crippen MR) is 125 cm³/mol. The largest absolute Gasteiger partial charge is 0.341 e. The van der Waals surface area contributed by atoms with Gasteiger partial charge in [0.2, 0.25) is 5.95 Å². The third-order valence-corrected chi connectivity index (χ3v) is 6.16. The highest BCUT2D eigenvalue weighted by molar-refractivity contribution is 5.79. The summed E-state index contributed by atoms with van der Waals surface area (Å²) in [6.45, 7) is 0.481. The maximum Gasteiger partial charge on any atom is 0.341 e. The quantitative estimate of drug-likeness (QED) is 0.529. The van der Waals surface area contributed by atoms with Crippen molar-refractivity contribution in [2.75, 3.05) is 31.1 Å². The molecule has 2 amide bonds. The maximum atomic E-state index is 14.5. The lowest BCUT2D eigenvalue weighted by Crippen LogP contribution is -2.52. The van der Waals surface area contributed by atoms with E-state index in [0.29, 0.717) is 38.2 Å². The van der Waals surface area contributed by atoms with Gasteiger partial charge in [-0.1, -0.05) is 0 Å². The fourth-order valence-electron chi connectivity index (χ4n) is 4.35. The Labute approximate surface area is 209 Å². The number of anilines is 1. The molecule has 1 atom stereocenters. The summed E-state index contributed by atoms with van der Waals surface area (Å²) in [4.78, 5) is 29.0. The number of halogens is 3. The SMILES string of the molecule is Cn1nc(CF)nc1-c1nc(N2CCN(C(=O)N3N=CCC3c3cc(F)cc(C#N)c3)CC2)ncc1F. The second-order valence-corrected chi connectivity index (χ2v) is 8.51. The van der Waals surface area contributed by atoms with Crippen molar-refractivity contribution < 1.29 is 18.0 Å². The zero-order valence-corrected chi connectivity index (χ0v) is 19.7. The van der Waals surface area contributed by atoms with E-state index >= 15 is 0 Å². The van der Waals surface area contributed by atoms with Crippen molar-refractivity contribution in [3.8, 4) is 17.6 Å². The lowest BCUT2D eigenvalue weighted by Gasteiger charge is -2.37. The normalized spacial score (nSPS) is 17.4. The Balaban J connectivity index is 1.28. The minimum absolute atomic E-state index is 0.0749. The van der Waals surface area contributed by atoms with E-state index in [1.54, 1.807) is 22.1 Å². The molecule has 0 N–H and O–H groups in total. The minimum Gasteiger partial charge on any atom is -0.337 e. The number of nitriles is 1. The number of hydrogen-bond acceptors (Lipinski definition) is 8. The van der Waals surface area contributed by atoms with E-state index in [-0.39, 0.29) is 34.9 Å². The van der Waals surface area contributed by atoms with Crippen LogP contribution in [-0.4, -0.2) is 73.1 Å². The molecule has 190 valence electrons. The number of carbonyl (C=O) groups excluding carboxylic acids is 1. The fourth-order valence-corrected chi connectivity index (χ4v) is 4.35. The van der Waals surface area contributed by atoms with Crippen molar-refractivity contribution in [1.29, 1.82) is 5.26 Å². The summed E-state index contributed by atoms with van der Waals surface area (Å²) in [5.41, 5.74) is 0.566. The highest BCUT2D eigenvalue weighted by atomic mass is 19.1. The molecule has 0 bridgehead atoms. The van der Waals surface area contributed by atoms with Gasteiger partial charge < -0.3 is 9.80 Å². The third kappa shape index (κ3) is 4.67. The molecular weight excluding hydrogens is 489 g/mol. The van der Waals surface area contributed by atoms with Gasteiger partial charge in [-0.2, -0.15) is 15.5 Å². The van der Waals surface area contributed by atoms with Gasteiger partial charge in [0.05, 0.1) is 23.9 Å². The number of alkyl halides is 1. The highest BCUT2D eigenvalue weighted by Gasteiger charge is 2.34. The average Bonchev–Trinajstić information content (AvgIpc) is 3.55. The average molecular weight is 510 g/mol. The monoisotopic (exact) mass is 510 g/mol. The van der Waals surface area contributed by atoms with Gasteiger partial charge in [-0.15, -0.1) is 0 Å². The van der Waals surface area contributed by atoms with E-state index in [0.717, 1.165) is 12.3 Å². The van der Waals surface area contributed by atoms with Gasteiger partial charge in [-0.3, -0.25) is 0 Å². The summed E-state index contributed by atoms with van der Waals surface area (Å²) in [6.07, 6.45) is 3.01. The highest BCUT2D eigenvalue weighted by Crippen LogP contribution is 2.31. The van der Waals surface area contributed by atoms with E-state index in [4.69, 9.17) is 5.26 Å². The molecule has 1 fully saturated rings. The van der Waals surface area contributed by atoms with Crippen LogP contribution in [0.1, 0.15) is 29.4 Å². The van der Waals surface area contributed by atoms with E-state index in [2.05, 4.69) is 25.2 Å². The molecule has 3 aromatic rings. The van der Waals surface area contributed by atoms with Crippen LogP contribution in [0, 0.1) is 23.0 Å². The zero-order valence-electron chi connectivity index (χ0n) is 19.7. The molecule has 1 aromatic carbocycles. The first-order valence-corrected chi connectivity index (χ1v) is 11.4. The van der Waals surface area contributed by atoms with Crippen LogP contribution in [0.15, 0.2) is 29.5 Å². The van der Waals surface area contributed by atoms with Crippen LogP contribution in [-0.2, 0) is 13.7 Å². The first kappa shape index (κ1) is 24.2. The van der Waals surface area contributed by atoms with Crippen LogP contribution in [0.5, 0.6) is 0 Å². The van der Waals surface area contributed by atoms with Gasteiger partial charge in [0, 0.05) is 45.9 Å². The number of aromatic nitrogens is 5.